The van der Waals surface area contributed by atoms with Gasteiger partial charge in [0.25, 0.3) is 0 Å². The molecule has 0 aromatic heterocycles. The molecule has 1 N–H and O–H groups in total. The number of nitrogens with zero attached hydrogens (tertiary/aromatic N) is 2. The maximum Gasteiger partial charge on any atom is 0.216 e. The Morgan fingerprint density at radius 3 is 2.47 bits per heavy atom. The lowest BCUT2D eigenvalue weighted by atomic mass is 10.0. The van der Waals surface area contributed by atoms with E-state index < -0.39 is 20.9 Å². The van der Waals surface area contributed by atoms with Crippen LogP contribution in [0.25, 0.3) is 0 Å². The summed E-state index contributed by atoms with van der Waals surface area (Å²) in [5, 5.41) is 10.1. The largest absolute Gasteiger partial charge is 0.387 e. The van der Waals surface area contributed by atoms with Crippen LogP contribution >= 0.6 is 0 Å². The number of morpholine rings is 1. The number of hydrogen-bond donors (Lipinski definition) is 1. The molecule has 1 atom stereocenters. The van der Waals surface area contributed by atoms with E-state index in [0.717, 1.165) is 13.1 Å². The van der Waals surface area contributed by atoms with E-state index in [0.29, 0.717) is 32.7 Å². The first-order valence-electron chi connectivity index (χ1n) is 6.85. The SMILES string of the molecule is CC(C)S(=O)(=O)N1CC[C@](O)(CN2CCOCC2)C1. The Bertz CT molecular complexity index is 406. The molecule has 0 aromatic rings. The van der Waals surface area contributed by atoms with Crippen molar-refractivity contribution in [3.8, 4) is 0 Å². The first kappa shape index (κ1) is 15.2. The van der Waals surface area contributed by atoms with Crippen LogP contribution in [-0.4, -0.2) is 79.5 Å². The maximum atomic E-state index is 12.1. The van der Waals surface area contributed by atoms with Gasteiger partial charge in [0.2, 0.25) is 10.0 Å². The van der Waals surface area contributed by atoms with Gasteiger partial charge in [-0.05, 0) is 20.3 Å². The van der Waals surface area contributed by atoms with E-state index in [1.165, 1.54) is 4.31 Å². The van der Waals surface area contributed by atoms with Crippen LogP contribution < -0.4 is 0 Å². The van der Waals surface area contributed by atoms with Gasteiger partial charge in [-0.25, -0.2) is 8.42 Å². The lowest BCUT2D eigenvalue weighted by Gasteiger charge is -2.33. The molecule has 0 aliphatic carbocycles. The van der Waals surface area contributed by atoms with Gasteiger partial charge in [-0.3, -0.25) is 4.90 Å². The van der Waals surface area contributed by atoms with Gasteiger partial charge in [0.1, 0.15) is 0 Å². The molecule has 2 fully saturated rings. The van der Waals surface area contributed by atoms with Gasteiger partial charge >= 0.3 is 0 Å². The summed E-state index contributed by atoms with van der Waals surface area (Å²) in [5.41, 5.74) is -0.917. The van der Waals surface area contributed by atoms with E-state index in [2.05, 4.69) is 4.90 Å². The normalized spacial score (nSPS) is 31.2. The van der Waals surface area contributed by atoms with Crippen molar-refractivity contribution in [1.29, 1.82) is 0 Å². The number of ether oxygens (including phenoxy) is 1. The molecule has 0 aromatic carbocycles. The number of hydrogen-bond acceptors (Lipinski definition) is 5. The van der Waals surface area contributed by atoms with E-state index in [9.17, 15) is 13.5 Å². The second-order valence-corrected chi connectivity index (χ2v) is 8.28. The number of rotatable bonds is 4. The first-order valence-corrected chi connectivity index (χ1v) is 8.35. The molecule has 0 spiro atoms. The molecule has 2 saturated heterocycles. The molecular weight excluding hydrogens is 268 g/mol. The summed E-state index contributed by atoms with van der Waals surface area (Å²) in [4.78, 5) is 2.15. The molecule has 112 valence electrons. The van der Waals surface area contributed by atoms with Crippen molar-refractivity contribution in [2.75, 3.05) is 45.9 Å². The van der Waals surface area contributed by atoms with Crippen LogP contribution in [-0.2, 0) is 14.8 Å². The van der Waals surface area contributed by atoms with Crippen molar-refractivity contribution in [1.82, 2.24) is 9.21 Å². The Kier molecular flexibility index (Phi) is 4.52. The quantitative estimate of drug-likeness (QED) is 0.756. The molecule has 2 rings (SSSR count). The zero-order valence-corrected chi connectivity index (χ0v) is 12.5. The maximum absolute atomic E-state index is 12.1. The van der Waals surface area contributed by atoms with Crippen molar-refractivity contribution in [2.45, 2.75) is 31.1 Å². The molecule has 19 heavy (non-hydrogen) atoms. The molecule has 0 bridgehead atoms. The Balaban J connectivity index is 1.96. The van der Waals surface area contributed by atoms with Crippen molar-refractivity contribution >= 4 is 10.0 Å². The molecule has 7 heteroatoms. The Morgan fingerprint density at radius 1 is 1.26 bits per heavy atom. The lowest BCUT2D eigenvalue weighted by Crippen LogP contribution is -2.49. The summed E-state index contributed by atoms with van der Waals surface area (Å²) in [5.74, 6) is 0. The minimum absolute atomic E-state index is 0.213. The van der Waals surface area contributed by atoms with E-state index >= 15 is 0 Å². The summed E-state index contributed by atoms with van der Waals surface area (Å²) in [6, 6.07) is 0. The summed E-state index contributed by atoms with van der Waals surface area (Å²) >= 11 is 0. The van der Waals surface area contributed by atoms with Crippen LogP contribution in [0, 0.1) is 0 Å². The fourth-order valence-corrected chi connectivity index (χ4v) is 4.00. The summed E-state index contributed by atoms with van der Waals surface area (Å²) in [6.07, 6.45) is 0.510. The van der Waals surface area contributed by atoms with Crippen LogP contribution in [0.1, 0.15) is 20.3 Å². The van der Waals surface area contributed by atoms with Gasteiger partial charge in [-0.1, -0.05) is 0 Å². The number of β-amino-alcohol motifs (C(OH)–C–C–N with tert-alkyl or cyclic N) is 1. The van der Waals surface area contributed by atoms with Crippen molar-refractivity contribution in [3.05, 3.63) is 0 Å². The molecule has 6 nitrogen and oxygen atoms in total. The molecule has 0 unspecified atom stereocenters. The fourth-order valence-electron chi connectivity index (χ4n) is 2.64. The average Bonchev–Trinajstić information content (AvgIpc) is 2.73. The predicted octanol–water partition coefficient (Wildman–Crippen LogP) is -0.506. The molecule has 2 aliphatic heterocycles. The zero-order valence-electron chi connectivity index (χ0n) is 11.7. The highest BCUT2D eigenvalue weighted by Crippen LogP contribution is 2.26. The summed E-state index contributed by atoms with van der Waals surface area (Å²) in [7, 11) is -3.26. The zero-order chi connectivity index (χ0) is 14.1. The standard InChI is InChI=1S/C12H24N2O4S/c1-11(2)19(16,17)14-4-3-12(15,10-14)9-13-5-7-18-8-6-13/h11,15H,3-10H2,1-2H3/t12-/m0/s1. The highest BCUT2D eigenvalue weighted by Gasteiger charge is 2.42. The van der Waals surface area contributed by atoms with Gasteiger partial charge in [0.15, 0.2) is 0 Å². The topological polar surface area (TPSA) is 70.1 Å². The Hall–Kier alpha value is -0.210. The number of sulfonamides is 1. The van der Waals surface area contributed by atoms with Gasteiger partial charge in [-0.2, -0.15) is 4.31 Å². The van der Waals surface area contributed by atoms with Gasteiger partial charge in [-0.15, -0.1) is 0 Å². The van der Waals surface area contributed by atoms with Gasteiger partial charge in [0, 0.05) is 32.7 Å². The molecule has 0 amide bonds. The molecule has 0 radical (unpaired) electrons. The second-order valence-electron chi connectivity index (χ2n) is 5.79. The van der Waals surface area contributed by atoms with Crippen LogP contribution in [0.15, 0.2) is 0 Å². The van der Waals surface area contributed by atoms with Crippen molar-refractivity contribution < 1.29 is 18.3 Å². The Labute approximate surface area is 115 Å². The lowest BCUT2D eigenvalue weighted by molar-refractivity contribution is -0.0239. The number of aliphatic hydroxyl groups is 1. The van der Waals surface area contributed by atoms with E-state index in [1.807, 2.05) is 0 Å². The monoisotopic (exact) mass is 292 g/mol. The third-order valence-corrected chi connectivity index (χ3v) is 6.10. The predicted molar refractivity (Wildman–Crippen MR) is 72.5 cm³/mol. The smallest absolute Gasteiger partial charge is 0.216 e. The third-order valence-electron chi connectivity index (χ3n) is 3.87. The fraction of sp³-hybridized carbons (Fsp3) is 1.00. The van der Waals surface area contributed by atoms with Crippen molar-refractivity contribution in [3.63, 3.8) is 0 Å². The Morgan fingerprint density at radius 2 is 1.89 bits per heavy atom. The van der Waals surface area contributed by atoms with E-state index in [-0.39, 0.29) is 6.54 Å². The molecule has 0 saturated carbocycles. The second kappa shape index (κ2) is 5.65. The molecule has 2 heterocycles. The average molecular weight is 292 g/mol. The van der Waals surface area contributed by atoms with Crippen molar-refractivity contribution in [2.24, 2.45) is 0 Å². The summed E-state index contributed by atoms with van der Waals surface area (Å²) in [6.45, 7) is 7.49. The third kappa shape index (κ3) is 3.46. The van der Waals surface area contributed by atoms with Gasteiger partial charge < -0.3 is 9.84 Å². The van der Waals surface area contributed by atoms with Crippen LogP contribution in [0.4, 0.5) is 0 Å². The minimum atomic E-state index is -3.26. The van der Waals surface area contributed by atoms with Gasteiger partial charge in [0.05, 0.1) is 24.1 Å². The highest BCUT2D eigenvalue weighted by molar-refractivity contribution is 7.89. The van der Waals surface area contributed by atoms with Crippen LogP contribution in [0.5, 0.6) is 0 Å². The van der Waals surface area contributed by atoms with E-state index in [1.54, 1.807) is 13.8 Å². The van der Waals surface area contributed by atoms with Crippen LogP contribution in [0.3, 0.4) is 0 Å². The molecule has 2 aliphatic rings. The molecular formula is C12H24N2O4S. The van der Waals surface area contributed by atoms with Crippen LogP contribution in [0.2, 0.25) is 0 Å². The first-order chi connectivity index (χ1) is 8.83. The highest BCUT2D eigenvalue weighted by atomic mass is 32.2. The van der Waals surface area contributed by atoms with E-state index in [4.69, 9.17) is 4.74 Å². The summed E-state index contributed by atoms with van der Waals surface area (Å²) < 4.78 is 30.9. The minimum Gasteiger partial charge on any atom is -0.387 e.